The molecule has 3 aromatic rings. The quantitative estimate of drug-likeness (QED) is 0.316. The lowest BCUT2D eigenvalue weighted by Gasteiger charge is -2.17. The number of para-hydroxylation sites is 1. The smallest absolute Gasteiger partial charge is 0.191 e. The largest absolute Gasteiger partial charge is 0.363 e. The number of nitrogens with zero attached hydrogens (tertiary/aromatic N) is 5. The van der Waals surface area contributed by atoms with Gasteiger partial charge in [-0.3, -0.25) is 9.67 Å². The zero-order valence-electron chi connectivity index (χ0n) is 17.9. The first-order chi connectivity index (χ1) is 13.4. The van der Waals surface area contributed by atoms with Gasteiger partial charge in [0.25, 0.3) is 0 Å². The molecular weight excluding hydrogens is 477 g/mol. The number of guanidine groups is 1. The summed E-state index contributed by atoms with van der Waals surface area (Å²) < 4.78 is 1.91. The molecule has 0 aliphatic heterocycles. The SMILES string of the molecule is CN=C(NCc1c(C)nn(C)c1C)NCc1cc(N(C)C)nc2ccccc12.I. The third kappa shape index (κ3) is 5.17. The van der Waals surface area contributed by atoms with Gasteiger partial charge in [0, 0.05) is 57.9 Å². The number of aliphatic imine (C=N–C) groups is 1. The number of hydrogen-bond acceptors (Lipinski definition) is 4. The van der Waals surface area contributed by atoms with E-state index < -0.39 is 0 Å². The molecule has 29 heavy (non-hydrogen) atoms. The average Bonchev–Trinajstić information content (AvgIpc) is 2.93. The minimum absolute atomic E-state index is 0. The minimum Gasteiger partial charge on any atom is -0.363 e. The maximum Gasteiger partial charge on any atom is 0.191 e. The van der Waals surface area contributed by atoms with E-state index in [9.17, 15) is 0 Å². The first-order valence-electron chi connectivity index (χ1n) is 9.40. The Morgan fingerprint density at radius 2 is 1.83 bits per heavy atom. The average molecular weight is 507 g/mol. The van der Waals surface area contributed by atoms with Gasteiger partial charge in [-0.2, -0.15) is 5.10 Å². The molecule has 0 aliphatic carbocycles. The van der Waals surface area contributed by atoms with E-state index in [2.05, 4.69) is 39.8 Å². The van der Waals surface area contributed by atoms with Crippen molar-refractivity contribution >= 4 is 46.7 Å². The molecule has 8 heteroatoms. The molecular formula is C21H30IN7. The fourth-order valence-electron chi connectivity index (χ4n) is 3.25. The van der Waals surface area contributed by atoms with Crippen LogP contribution in [0.2, 0.25) is 0 Å². The van der Waals surface area contributed by atoms with E-state index in [0.717, 1.165) is 34.1 Å². The first kappa shape index (κ1) is 22.9. The van der Waals surface area contributed by atoms with Crippen molar-refractivity contribution in [2.75, 3.05) is 26.0 Å². The lowest BCUT2D eigenvalue weighted by molar-refractivity contribution is 0.728. The second-order valence-corrected chi connectivity index (χ2v) is 7.10. The van der Waals surface area contributed by atoms with Crippen LogP contribution in [0.4, 0.5) is 5.82 Å². The molecule has 0 saturated heterocycles. The first-order valence-corrected chi connectivity index (χ1v) is 9.40. The molecule has 156 valence electrons. The Kier molecular flexibility index (Phi) is 7.83. The topological polar surface area (TPSA) is 70.4 Å². The van der Waals surface area contributed by atoms with E-state index in [1.54, 1.807) is 7.05 Å². The van der Waals surface area contributed by atoms with E-state index in [0.29, 0.717) is 13.1 Å². The molecule has 0 bridgehead atoms. The number of benzene rings is 1. The highest BCUT2D eigenvalue weighted by Crippen LogP contribution is 2.22. The van der Waals surface area contributed by atoms with Crippen molar-refractivity contribution in [1.29, 1.82) is 0 Å². The number of nitrogens with one attached hydrogen (secondary N) is 2. The highest BCUT2D eigenvalue weighted by Gasteiger charge is 2.11. The van der Waals surface area contributed by atoms with E-state index >= 15 is 0 Å². The predicted octanol–water partition coefficient (Wildman–Crippen LogP) is 3.13. The molecule has 0 spiro atoms. The zero-order valence-corrected chi connectivity index (χ0v) is 20.3. The van der Waals surface area contributed by atoms with Crippen LogP contribution in [0.25, 0.3) is 10.9 Å². The van der Waals surface area contributed by atoms with Crippen LogP contribution in [-0.2, 0) is 20.1 Å². The van der Waals surface area contributed by atoms with E-state index in [-0.39, 0.29) is 24.0 Å². The van der Waals surface area contributed by atoms with Crippen LogP contribution in [0, 0.1) is 13.8 Å². The van der Waals surface area contributed by atoms with Crippen molar-refractivity contribution in [3.8, 4) is 0 Å². The molecule has 0 radical (unpaired) electrons. The fourth-order valence-corrected chi connectivity index (χ4v) is 3.25. The van der Waals surface area contributed by atoms with Gasteiger partial charge in [-0.05, 0) is 31.5 Å². The number of fused-ring (bicyclic) bond motifs is 1. The summed E-state index contributed by atoms with van der Waals surface area (Å²) in [4.78, 5) is 11.1. The summed E-state index contributed by atoms with van der Waals surface area (Å²) in [6.07, 6.45) is 0. The van der Waals surface area contributed by atoms with Gasteiger partial charge >= 0.3 is 0 Å². The van der Waals surface area contributed by atoms with E-state index in [1.165, 1.54) is 11.1 Å². The van der Waals surface area contributed by atoms with Crippen LogP contribution >= 0.6 is 24.0 Å². The van der Waals surface area contributed by atoms with Gasteiger partial charge in [0.1, 0.15) is 5.82 Å². The highest BCUT2D eigenvalue weighted by molar-refractivity contribution is 14.0. The molecule has 2 heterocycles. The van der Waals surface area contributed by atoms with Crippen LogP contribution in [0.15, 0.2) is 35.3 Å². The lowest BCUT2D eigenvalue weighted by atomic mass is 10.1. The number of hydrogen-bond donors (Lipinski definition) is 2. The van der Waals surface area contributed by atoms with Gasteiger partial charge in [0.05, 0.1) is 11.2 Å². The summed E-state index contributed by atoms with van der Waals surface area (Å²) in [5.74, 6) is 1.70. The van der Waals surface area contributed by atoms with Crippen LogP contribution < -0.4 is 15.5 Å². The van der Waals surface area contributed by atoms with Crippen molar-refractivity contribution in [1.82, 2.24) is 25.4 Å². The normalized spacial score (nSPS) is 11.3. The molecule has 0 unspecified atom stereocenters. The molecule has 0 amide bonds. The van der Waals surface area contributed by atoms with Gasteiger partial charge < -0.3 is 15.5 Å². The van der Waals surface area contributed by atoms with E-state index in [1.807, 2.05) is 55.8 Å². The molecule has 3 rings (SSSR count). The van der Waals surface area contributed by atoms with Gasteiger partial charge in [-0.25, -0.2) is 4.98 Å². The van der Waals surface area contributed by atoms with Crippen molar-refractivity contribution in [3.63, 3.8) is 0 Å². The number of anilines is 1. The van der Waals surface area contributed by atoms with Crippen molar-refractivity contribution in [3.05, 3.63) is 52.8 Å². The van der Waals surface area contributed by atoms with Gasteiger partial charge in [0.15, 0.2) is 5.96 Å². The Balaban J connectivity index is 0.00000300. The van der Waals surface area contributed by atoms with Crippen molar-refractivity contribution < 1.29 is 0 Å². The third-order valence-corrected chi connectivity index (χ3v) is 5.01. The highest BCUT2D eigenvalue weighted by atomic mass is 127. The number of halogens is 1. The van der Waals surface area contributed by atoms with Crippen LogP contribution in [0.1, 0.15) is 22.5 Å². The summed E-state index contributed by atoms with van der Waals surface area (Å²) in [6.45, 7) is 5.46. The van der Waals surface area contributed by atoms with Gasteiger partial charge in [-0.15, -0.1) is 24.0 Å². The van der Waals surface area contributed by atoms with Gasteiger partial charge in [0.2, 0.25) is 0 Å². The standard InChI is InChI=1S/C21H29N7.HI/c1-14-18(15(2)28(6)26-14)13-24-21(22-3)23-12-16-11-20(27(4)5)25-19-10-8-7-9-17(16)19;/h7-11H,12-13H2,1-6H3,(H2,22,23,24);1H. The number of aryl methyl sites for hydroxylation is 2. The molecule has 2 aromatic heterocycles. The Morgan fingerprint density at radius 3 is 2.45 bits per heavy atom. The summed E-state index contributed by atoms with van der Waals surface area (Å²) in [5.41, 5.74) is 5.59. The van der Waals surface area contributed by atoms with E-state index in [4.69, 9.17) is 4.98 Å². The van der Waals surface area contributed by atoms with Crippen LogP contribution in [0.3, 0.4) is 0 Å². The van der Waals surface area contributed by atoms with Crippen molar-refractivity contribution in [2.24, 2.45) is 12.0 Å². The third-order valence-electron chi connectivity index (χ3n) is 5.01. The number of aromatic nitrogens is 3. The summed E-state index contributed by atoms with van der Waals surface area (Å²) in [6, 6.07) is 10.3. The minimum atomic E-state index is 0. The monoisotopic (exact) mass is 507 g/mol. The van der Waals surface area contributed by atoms with Crippen LogP contribution in [-0.4, -0.2) is 41.9 Å². The van der Waals surface area contributed by atoms with Crippen LogP contribution in [0.5, 0.6) is 0 Å². The predicted molar refractivity (Wildman–Crippen MR) is 131 cm³/mol. The molecule has 7 nitrogen and oxygen atoms in total. The Labute approximate surface area is 189 Å². The summed E-state index contributed by atoms with van der Waals surface area (Å²) in [5, 5.41) is 12.4. The summed E-state index contributed by atoms with van der Waals surface area (Å²) >= 11 is 0. The Morgan fingerprint density at radius 1 is 1.14 bits per heavy atom. The molecule has 2 N–H and O–H groups in total. The number of pyridine rings is 1. The molecule has 0 atom stereocenters. The molecule has 0 fully saturated rings. The Hall–Kier alpha value is -2.36. The lowest BCUT2D eigenvalue weighted by Crippen LogP contribution is -2.36. The maximum absolute atomic E-state index is 4.72. The Bertz CT molecular complexity index is 1010. The van der Waals surface area contributed by atoms with Crippen molar-refractivity contribution in [2.45, 2.75) is 26.9 Å². The maximum atomic E-state index is 4.72. The van der Waals surface area contributed by atoms with Gasteiger partial charge in [-0.1, -0.05) is 18.2 Å². The fraction of sp³-hybridized carbons (Fsp3) is 0.381. The molecule has 0 saturated carbocycles. The zero-order chi connectivity index (χ0) is 20.3. The molecule has 0 aliphatic rings. The summed E-state index contributed by atoms with van der Waals surface area (Å²) in [7, 11) is 7.77. The second-order valence-electron chi connectivity index (χ2n) is 7.10. The molecule has 1 aromatic carbocycles. The second kappa shape index (κ2) is 9.91. The number of rotatable bonds is 5.